The summed E-state index contributed by atoms with van der Waals surface area (Å²) in [5.74, 6) is 2.42. The molecule has 29 heavy (non-hydrogen) atoms. The fourth-order valence-corrected chi connectivity index (χ4v) is 3.42. The molecule has 2 aromatic carbocycles. The van der Waals surface area contributed by atoms with Crippen molar-refractivity contribution in [2.75, 3.05) is 30.2 Å². The third-order valence-corrected chi connectivity index (χ3v) is 5.15. The second-order valence-corrected chi connectivity index (χ2v) is 7.00. The molecule has 1 aliphatic rings. The average Bonchev–Trinajstić information content (AvgIpc) is 3.22. The van der Waals surface area contributed by atoms with Crippen molar-refractivity contribution in [2.24, 2.45) is 0 Å². The normalized spacial score (nSPS) is 11.2. The zero-order valence-electron chi connectivity index (χ0n) is 15.9. The molecule has 8 heteroatoms. The number of pyridine rings is 1. The van der Waals surface area contributed by atoms with Gasteiger partial charge in [-0.2, -0.15) is 0 Å². The fraction of sp³-hybridized carbons (Fsp3) is 0.143. The maximum Gasteiger partial charge on any atom is 0.231 e. The Bertz CT molecular complexity index is 968. The highest BCUT2D eigenvalue weighted by molar-refractivity contribution is 7.98. The molecule has 0 spiro atoms. The van der Waals surface area contributed by atoms with Gasteiger partial charge in [0.25, 0.3) is 0 Å². The number of anilines is 3. The van der Waals surface area contributed by atoms with Crippen molar-refractivity contribution < 1.29 is 14.3 Å². The number of nitrogen functional groups attached to an aromatic ring is 1. The van der Waals surface area contributed by atoms with Gasteiger partial charge in [0, 0.05) is 53.2 Å². The summed E-state index contributed by atoms with van der Waals surface area (Å²) in [7, 11) is 1.87. The Labute approximate surface area is 173 Å². The molecule has 0 fully saturated rings. The number of nitrogens with two attached hydrogens (primary N) is 1. The van der Waals surface area contributed by atoms with Crippen molar-refractivity contribution in [3.63, 3.8) is 0 Å². The van der Waals surface area contributed by atoms with Gasteiger partial charge in [0.1, 0.15) is 0 Å². The van der Waals surface area contributed by atoms with E-state index in [9.17, 15) is 4.79 Å². The molecule has 1 aliphatic heterocycles. The van der Waals surface area contributed by atoms with Crippen LogP contribution in [0.15, 0.2) is 65.8 Å². The first kappa shape index (κ1) is 20.3. The summed E-state index contributed by atoms with van der Waals surface area (Å²) < 4.78 is 10.3. The van der Waals surface area contributed by atoms with Crippen LogP contribution in [0.4, 0.5) is 17.1 Å². The van der Waals surface area contributed by atoms with Crippen LogP contribution in [0, 0.1) is 0 Å². The average molecular weight is 410 g/mol. The van der Waals surface area contributed by atoms with Crippen LogP contribution in [-0.2, 0) is 10.5 Å². The van der Waals surface area contributed by atoms with Gasteiger partial charge in [-0.1, -0.05) is 12.1 Å². The first-order valence-corrected chi connectivity index (χ1v) is 9.87. The van der Waals surface area contributed by atoms with Gasteiger partial charge in [0.2, 0.25) is 13.2 Å². The number of ether oxygens (including phenoxy) is 2. The summed E-state index contributed by atoms with van der Waals surface area (Å²) in [6, 6.07) is 15.3. The van der Waals surface area contributed by atoms with Gasteiger partial charge in [-0.3, -0.25) is 9.78 Å². The maximum atomic E-state index is 10.4. The first-order valence-electron chi connectivity index (χ1n) is 8.88. The Morgan fingerprint density at radius 3 is 2.79 bits per heavy atom. The van der Waals surface area contributed by atoms with Gasteiger partial charge in [0.15, 0.2) is 11.5 Å². The molecule has 2 heterocycles. The van der Waals surface area contributed by atoms with E-state index in [2.05, 4.69) is 15.6 Å². The lowest BCUT2D eigenvalue weighted by molar-refractivity contribution is -0.105. The summed E-state index contributed by atoms with van der Waals surface area (Å²) in [6.07, 6.45) is 4.10. The number of amides is 1. The molecule has 0 bridgehead atoms. The van der Waals surface area contributed by atoms with Crippen LogP contribution >= 0.6 is 11.8 Å². The highest BCUT2D eigenvalue weighted by atomic mass is 32.2. The van der Waals surface area contributed by atoms with Crippen LogP contribution in [0.2, 0.25) is 0 Å². The van der Waals surface area contributed by atoms with Gasteiger partial charge < -0.3 is 25.8 Å². The van der Waals surface area contributed by atoms with E-state index in [1.807, 2.05) is 49.5 Å². The lowest BCUT2D eigenvalue weighted by atomic mass is 10.2. The second-order valence-electron chi connectivity index (χ2n) is 5.98. The summed E-state index contributed by atoms with van der Waals surface area (Å²) in [4.78, 5) is 15.4. The van der Waals surface area contributed by atoms with Crippen LogP contribution < -0.4 is 25.8 Å². The summed E-state index contributed by atoms with van der Waals surface area (Å²) >= 11 is 1.62. The van der Waals surface area contributed by atoms with Crippen LogP contribution in [0.3, 0.4) is 0 Å². The number of thioether (sulfide) groups is 1. The Kier molecular flexibility index (Phi) is 7.18. The van der Waals surface area contributed by atoms with Gasteiger partial charge in [-0.15, -0.1) is 11.8 Å². The Morgan fingerprint density at radius 1 is 1.14 bits per heavy atom. The minimum Gasteiger partial charge on any atom is -0.454 e. The fourth-order valence-electron chi connectivity index (χ4n) is 2.54. The molecule has 0 saturated heterocycles. The van der Waals surface area contributed by atoms with E-state index in [1.165, 1.54) is 0 Å². The smallest absolute Gasteiger partial charge is 0.231 e. The molecule has 0 atom stereocenters. The summed E-state index contributed by atoms with van der Waals surface area (Å²) in [5, 5.41) is 5.65. The van der Waals surface area contributed by atoms with Crippen molar-refractivity contribution in [2.45, 2.75) is 10.6 Å². The largest absolute Gasteiger partial charge is 0.454 e. The number of benzene rings is 2. The van der Waals surface area contributed by atoms with E-state index < -0.39 is 0 Å². The lowest BCUT2D eigenvalue weighted by Gasteiger charge is -2.06. The molecule has 150 valence electrons. The van der Waals surface area contributed by atoms with Crippen LogP contribution in [0.25, 0.3) is 0 Å². The molecule has 0 aliphatic carbocycles. The molecular formula is C21H22N4O3S. The predicted molar refractivity (Wildman–Crippen MR) is 116 cm³/mol. The molecule has 7 nitrogen and oxygen atoms in total. The monoisotopic (exact) mass is 410 g/mol. The molecule has 4 rings (SSSR count). The first-order chi connectivity index (χ1) is 14.2. The number of nitrogens with zero attached hydrogens (tertiary/aromatic N) is 1. The third kappa shape index (κ3) is 5.79. The quantitative estimate of drug-likeness (QED) is 0.418. The SMILES string of the molecule is CNc1ccc2c(c1)OCO2.Nc1ccncc1SCc1cccc(NC=O)c1. The molecule has 1 amide bonds. The van der Waals surface area contributed by atoms with E-state index in [4.69, 9.17) is 15.2 Å². The van der Waals surface area contributed by atoms with Crippen molar-refractivity contribution >= 4 is 35.2 Å². The summed E-state index contributed by atoms with van der Waals surface area (Å²) in [5.41, 5.74) is 9.53. The minimum absolute atomic E-state index is 0.336. The molecule has 4 N–H and O–H groups in total. The van der Waals surface area contributed by atoms with E-state index in [-0.39, 0.29) is 0 Å². The Balaban J connectivity index is 0.000000186. The van der Waals surface area contributed by atoms with Crippen molar-refractivity contribution in [3.05, 3.63) is 66.5 Å². The van der Waals surface area contributed by atoms with Crippen molar-refractivity contribution in [1.82, 2.24) is 4.98 Å². The number of carbonyl (C=O) groups excluding carboxylic acids is 1. The summed E-state index contributed by atoms with van der Waals surface area (Å²) in [6.45, 7) is 0.336. The Morgan fingerprint density at radius 2 is 2.00 bits per heavy atom. The van der Waals surface area contributed by atoms with Gasteiger partial charge in [-0.25, -0.2) is 0 Å². The standard InChI is InChI=1S/C13H13N3OS.C8H9NO2/c14-12-4-5-15-7-13(12)18-8-10-2-1-3-11(6-10)16-9-17;1-9-6-2-3-7-8(4-6)11-5-10-7/h1-7,9H,8H2,(H2,14,15)(H,16,17);2-4,9H,5H2,1H3. The number of aromatic nitrogens is 1. The molecule has 0 unspecified atom stereocenters. The number of hydrogen-bond acceptors (Lipinski definition) is 7. The topological polar surface area (TPSA) is 98.5 Å². The van der Waals surface area contributed by atoms with Crippen molar-refractivity contribution in [1.29, 1.82) is 0 Å². The minimum atomic E-state index is 0.336. The highest BCUT2D eigenvalue weighted by Crippen LogP contribution is 2.33. The zero-order valence-corrected chi connectivity index (χ0v) is 16.7. The third-order valence-electron chi connectivity index (χ3n) is 4.02. The number of hydrogen-bond donors (Lipinski definition) is 3. The van der Waals surface area contributed by atoms with Gasteiger partial charge in [0.05, 0.1) is 0 Å². The number of fused-ring (bicyclic) bond motifs is 1. The van der Waals surface area contributed by atoms with E-state index in [0.717, 1.165) is 44.8 Å². The van der Waals surface area contributed by atoms with Gasteiger partial charge >= 0.3 is 0 Å². The van der Waals surface area contributed by atoms with Crippen LogP contribution in [-0.4, -0.2) is 25.2 Å². The number of carbonyl (C=O) groups is 1. The van der Waals surface area contributed by atoms with Gasteiger partial charge in [-0.05, 0) is 35.9 Å². The zero-order chi connectivity index (χ0) is 20.5. The van der Waals surface area contributed by atoms with E-state index in [1.54, 1.807) is 30.2 Å². The van der Waals surface area contributed by atoms with Crippen LogP contribution in [0.5, 0.6) is 11.5 Å². The Hall–Kier alpha value is -3.39. The maximum absolute atomic E-state index is 10.4. The molecule has 3 aromatic rings. The van der Waals surface area contributed by atoms with E-state index in [0.29, 0.717) is 13.2 Å². The second kappa shape index (κ2) is 10.2. The lowest BCUT2D eigenvalue weighted by Crippen LogP contribution is -1.94. The molecule has 1 aromatic heterocycles. The predicted octanol–water partition coefficient (Wildman–Crippen LogP) is 3.98. The van der Waals surface area contributed by atoms with E-state index >= 15 is 0 Å². The van der Waals surface area contributed by atoms with Crippen molar-refractivity contribution in [3.8, 4) is 11.5 Å². The molecular weight excluding hydrogens is 388 g/mol. The molecule has 0 saturated carbocycles. The molecule has 0 radical (unpaired) electrons. The van der Waals surface area contributed by atoms with Crippen LogP contribution in [0.1, 0.15) is 5.56 Å². The highest BCUT2D eigenvalue weighted by Gasteiger charge is 2.12. The number of rotatable bonds is 6. The number of nitrogens with one attached hydrogen (secondary N) is 2.